The van der Waals surface area contributed by atoms with Gasteiger partial charge in [-0.1, -0.05) is 18.2 Å². The summed E-state index contributed by atoms with van der Waals surface area (Å²) in [6.07, 6.45) is 2.83. The van der Waals surface area contributed by atoms with Gasteiger partial charge in [0.25, 0.3) is 11.5 Å². The molecule has 0 radical (unpaired) electrons. The monoisotopic (exact) mass is 497 g/mol. The standard InChI is InChI=1S/C28H27N5O4/c34-25(14-17-32-15-3-4-16-32)29-20-10-12-21(13-11-20)30-26(35)19-6-5-7-22(18-19)33-27(36)23-8-1-2-9-24(23)31-28(33)37/h1-2,5-13,18H,3-4,14-17H2,(H,29,34)(H,30,35)(H,31,37). The van der Waals surface area contributed by atoms with Crippen LogP contribution in [-0.2, 0) is 4.79 Å². The third kappa shape index (κ3) is 5.52. The highest BCUT2D eigenvalue weighted by Gasteiger charge is 2.14. The van der Waals surface area contributed by atoms with E-state index in [0.29, 0.717) is 28.7 Å². The van der Waals surface area contributed by atoms with Gasteiger partial charge in [-0.25, -0.2) is 9.36 Å². The van der Waals surface area contributed by atoms with Gasteiger partial charge in [-0.15, -0.1) is 0 Å². The number of fused-ring (bicyclic) bond motifs is 1. The number of H-pyrrole nitrogens is 1. The van der Waals surface area contributed by atoms with Gasteiger partial charge in [-0.2, -0.15) is 0 Å². The lowest BCUT2D eigenvalue weighted by molar-refractivity contribution is -0.116. The van der Waals surface area contributed by atoms with E-state index in [9.17, 15) is 19.2 Å². The van der Waals surface area contributed by atoms with Crippen molar-refractivity contribution in [1.29, 1.82) is 0 Å². The van der Waals surface area contributed by atoms with Gasteiger partial charge in [0, 0.05) is 29.9 Å². The normalized spacial score (nSPS) is 13.5. The Bertz CT molecular complexity index is 1570. The summed E-state index contributed by atoms with van der Waals surface area (Å²) in [6.45, 7) is 2.87. The largest absolute Gasteiger partial charge is 0.333 e. The Morgan fingerprint density at radius 2 is 1.54 bits per heavy atom. The van der Waals surface area contributed by atoms with E-state index >= 15 is 0 Å². The molecule has 3 aromatic carbocycles. The van der Waals surface area contributed by atoms with Crippen molar-refractivity contribution in [2.24, 2.45) is 0 Å². The quantitative estimate of drug-likeness (QED) is 0.362. The van der Waals surface area contributed by atoms with Gasteiger partial charge in [0.15, 0.2) is 0 Å². The van der Waals surface area contributed by atoms with Gasteiger partial charge in [-0.3, -0.25) is 14.4 Å². The molecule has 0 saturated carbocycles. The molecule has 0 spiro atoms. The Labute approximate surface area is 212 Å². The number of aromatic nitrogens is 2. The van der Waals surface area contributed by atoms with Gasteiger partial charge in [0.2, 0.25) is 5.91 Å². The summed E-state index contributed by atoms with van der Waals surface area (Å²) in [5.41, 5.74) is 1.18. The number of aromatic amines is 1. The van der Waals surface area contributed by atoms with Crippen LogP contribution in [0, 0.1) is 0 Å². The van der Waals surface area contributed by atoms with Crippen molar-refractivity contribution >= 4 is 34.1 Å². The lowest BCUT2D eigenvalue weighted by atomic mass is 10.1. The third-order valence-electron chi connectivity index (χ3n) is 6.45. The van der Waals surface area contributed by atoms with Gasteiger partial charge >= 0.3 is 5.69 Å². The van der Waals surface area contributed by atoms with E-state index < -0.39 is 17.2 Å². The number of rotatable bonds is 7. The third-order valence-corrected chi connectivity index (χ3v) is 6.45. The fourth-order valence-corrected chi connectivity index (χ4v) is 4.51. The van der Waals surface area contributed by atoms with Crippen molar-refractivity contribution in [2.45, 2.75) is 19.3 Å². The summed E-state index contributed by atoms with van der Waals surface area (Å²) < 4.78 is 1.01. The Morgan fingerprint density at radius 1 is 0.838 bits per heavy atom. The highest BCUT2D eigenvalue weighted by atomic mass is 16.2. The maximum Gasteiger partial charge on any atom is 0.333 e. The van der Waals surface area contributed by atoms with Crippen LogP contribution < -0.4 is 21.9 Å². The van der Waals surface area contributed by atoms with Crippen LogP contribution in [0.1, 0.15) is 29.6 Å². The Hall–Kier alpha value is -4.50. The van der Waals surface area contributed by atoms with E-state index in [1.807, 2.05) is 0 Å². The number of carbonyl (C=O) groups is 2. The van der Waals surface area contributed by atoms with Crippen molar-refractivity contribution in [1.82, 2.24) is 14.5 Å². The van der Waals surface area contributed by atoms with E-state index in [1.165, 1.54) is 18.9 Å². The van der Waals surface area contributed by atoms with Crippen LogP contribution in [0.5, 0.6) is 0 Å². The molecule has 1 aliphatic heterocycles. The molecule has 2 heterocycles. The molecule has 0 unspecified atom stereocenters. The second-order valence-corrected chi connectivity index (χ2v) is 9.05. The van der Waals surface area contributed by atoms with Crippen LogP contribution in [0.4, 0.5) is 11.4 Å². The average Bonchev–Trinajstić information content (AvgIpc) is 3.43. The number of nitrogens with zero attached hydrogens (tertiary/aromatic N) is 2. The number of para-hydroxylation sites is 1. The number of anilines is 2. The second kappa shape index (κ2) is 10.6. The molecule has 3 N–H and O–H groups in total. The molecule has 37 heavy (non-hydrogen) atoms. The summed E-state index contributed by atoms with van der Waals surface area (Å²) in [4.78, 5) is 55.7. The van der Waals surface area contributed by atoms with Crippen molar-refractivity contribution in [3.05, 3.63) is 99.2 Å². The predicted molar refractivity (Wildman–Crippen MR) is 143 cm³/mol. The Morgan fingerprint density at radius 3 is 2.30 bits per heavy atom. The number of hydrogen-bond donors (Lipinski definition) is 3. The van der Waals surface area contributed by atoms with Crippen LogP contribution in [0.3, 0.4) is 0 Å². The number of amides is 2. The topological polar surface area (TPSA) is 116 Å². The molecule has 1 fully saturated rings. The number of carbonyl (C=O) groups excluding carboxylic acids is 2. The molecule has 1 saturated heterocycles. The average molecular weight is 498 g/mol. The molecule has 2 amide bonds. The van der Waals surface area contributed by atoms with Crippen LogP contribution >= 0.6 is 0 Å². The van der Waals surface area contributed by atoms with Gasteiger partial charge < -0.3 is 20.5 Å². The molecule has 9 heteroatoms. The zero-order valence-corrected chi connectivity index (χ0v) is 20.2. The fourth-order valence-electron chi connectivity index (χ4n) is 4.51. The lowest BCUT2D eigenvalue weighted by Crippen LogP contribution is -2.33. The van der Waals surface area contributed by atoms with E-state index in [1.54, 1.807) is 66.7 Å². The fraction of sp³-hybridized carbons (Fsp3) is 0.214. The SMILES string of the molecule is O=C(CCN1CCCC1)Nc1ccc(NC(=O)c2cccc(-n3c(=O)[nH]c4ccccc4c3=O)c2)cc1. The second-order valence-electron chi connectivity index (χ2n) is 9.05. The minimum atomic E-state index is -0.584. The first-order chi connectivity index (χ1) is 18.0. The molecule has 9 nitrogen and oxygen atoms in total. The van der Waals surface area contributed by atoms with Crippen LogP contribution in [0.2, 0.25) is 0 Å². The van der Waals surface area contributed by atoms with E-state index in [2.05, 4.69) is 20.5 Å². The van der Waals surface area contributed by atoms with Crippen molar-refractivity contribution in [3.63, 3.8) is 0 Å². The van der Waals surface area contributed by atoms with Crippen molar-refractivity contribution < 1.29 is 9.59 Å². The number of likely N-dealkylation sites (tertiary alicyclic amines) is 1. The Kier molecular flexibility index (Phi) is 6.96. The van der Waals surface area contributed by atoms with E-state index in [4.69, 9.17) is 0 Å². The predicted octanol–water partition coefficient (Wildman–Crippen LogP) is 3.36. The minimum Gasteiger partial charge on any atom is -0.326 e. The summed E-state index contributed by atoms with van der Waals surface area (Å²) in [5, 5.41) is 6.07. The molecule has 0 aliphatic carbocycles. The maximum atomic E-state index is 12.9. The molecule has 4 aromatic rings. The zero-order valence-electron chi connectivity index (χ0n) is 20.2. The molecule has 1 aliphatic rings. The smallest absolute Gasteiger partial charge is 0.326 e. The van der Waals surface area contributed by atoms with Crippen LogP contribution in [0.15, 0.2) is 82.4 Å². The van der Waals surface area contributed by atoms with E-state index in [0.717, 1.165) is 24.2 Å². The number of benzene rings is 3. The molecule has 5 rings (SSSR count). The summed E-state index contributed by atoms with van der Waals surface area (Å²) in [6, 6.07) is 20.0. The Balaban J connectivity index is 1.26. The minimum absolute atomic E-state index is 0.0422. The molecular weight excluding hydrogens is 470 g/mol. The van der Waals surface area contributed by atoms with Crippen LogP contribution in [0.25, 0.3) is 16.6 Å². The van der Waals surface area contributed by atoms with Crippen molar-refractivity contribution in [3.8, 4) is 5.69 Å². The van der Waals surface area contributed by atoms with Gasteiger partial charge in [0.1, 0.15) is 0 Å². The van der Waals surface area contributed by atoms with Crippen molar-refractivity contribution in [2.75, 3.05) is 30.3 Å². The summed E-state index contributed by atoms with van der Waals surface area (Å²) >= 11 is 0. The highest BCUT2D eigenvalue weighted by molar-refractivity contribution is 6.04. The molecule has 188 valence electrons. The highest BCUT2D eigenvalue weighted by Crippen LogP contribution is 2.17. The van der Waals surface area contributed by atoms with Gasteiger partial charge in [-0.05, 0) is 80.5 Å². The molecule has 0 atom stereocenters. The maximum absolute atomic E-state index is 12.9. The summed E-state index contributed by atoms with van der Waals surface area (Å²) in [5.74, 6) is -0.436. The van der Waals surface area contributed by atoms with Crippen LogP contribution in [-0.4, -0.2) is 45.9 Å². The summed E-state index contributed by atoms with van der Waals surface area (Å²) in [7, 11) is 0. The van der Waals surface area contributed by atoms with Gasteiger partial charge in [0.05, 0.1) is 16.6 Å². The zero-order chi connectivity index (χ0) is 25.8. The lowest BCUT2D eigenvalue weighted by Gasteiger charge is -2.14. The molecular formula is C28H27N5O4. The first-order valence-electron chi connectivity index (χ1n) is 12.3. The molecule has 1 aromatic heterocycles. The number of hydrogen-bond acceptors (Lipinski definition) is 5. The number of nitrogens with one attached hydrogen (secondary N) is 3. The molecule has 0 bridgehead atoms. The first kappa shape index (κ1) is 24.2. The van der Waals surface area contributed by atoms with E-state index in [-0.39, 0.29) is 17.2 Å². The first-order valence-corrected chi connectivity index (χ1v) is 12.3.